The van der Waals surface area contributed by atoms with Crippen molar-refractivity contribution < 1.29 is 14.2 Å². The van der Waals surface area contributed by atoms with Crippen LogP contribution in [0.4, 0.5) is 4.39 Å². The molecule has 2 rings (SSSR count). The number of benzene rings is 1. The zero-order chi connectivity index (χ0) is 17.7. The van der Waals surface area contributed by atoms with Crippen molar-refractivity contribution in [3.8, 4) is 5.75 Å². The largest absolute Gasteiger partial charge is 0.493 e. The van der Waals surface area contributed by atoms with Crippen LogP contribution in [0.1, 0.15) is 81.9 Å². The molecule has 0 aromatic heterocycles. The Bertz CT molecular complexity index is 588. The summed E-state index contributed by atoms with van der Waals surface area (Å²) in [4.78, 5) is 0. The van der Waals surface area contributed by atoms with Gasteiger partial charge in [-0.1, -0.05) is 33.8 Å². The van der Waals surface area contributed by atoms with Crippen LogP contribution in [0, 0.1) is 0 Å². The van der Waals surface area contributed by atoms with Crippen LogP contribution in [0.3, 0.4) is 0 Å². The molecule has 24 heavy (non-hydrogen) atoms. The highest BCUT2D eigenvalue weighted by molar-refractivity contribution is 5.77. The van der Waals surface area contributed by atoms with Crippen molar-refractivity contribution in [3.63, 3.8) is 0 Å². The Kier molecular flexibility index (Phi) is 6.85. The van der Waals surface area contributed by atoms with E-state index in [0.29, 0.717) is 24.9 Å². The summed E-state index contributed by atoms with van der Waals surface area (Å²) in [7, 11) is 0. The molecule has 0 saturated heterocycles. The predicted octanol–water partition coefficient (Wildman–Crippen LogP) is 5.60. The van der Waals surface area contributed by atoms with Gasteiger partial charge in [0.05, 0.1) is 19.9 Å². The van der Waals surface area contributed by atoms with Crippen molar-refractivity contribution in [2.24, 2.45) is 0 Å². The fraction of sp³-hybridized carbons (Fsp3) is 0.619. The highest BCUT2D eigenvalue weighted by Gasteiger charge is 2.23. The van der Waals surface area contributed by atoms with Gasteiger partial charge in [-0.3, -0.25) is 4.39 Å². The van der Waals surface area contributed by atoms with Crippen molar-refractivity contribution in [1.82, 2.24) is 0 Å². The summed E-state index contributed by atoms with van der Waals surface area (Å²) in [6, 6.07) is 4.45. The zero-order valence-electron chi connectivity index (χ0n) is 15.5. The molecule has 0 bridgehead atoms. The standard InChI is InChI=1S/C21H31FO2/c1-14(2)17-11-19(15(3)4)21(24-10-6-9-22)20(12-17)18-8-5-7-16(18)13-23/h11-12,14-15,23H,5-10,13H2,1-4H3. The minimum Gasteiger partial charge on any atom is -0.493 e. The number of aliphatic hydroxyl groups excluding tert-OH is 1. The number of alkyl halides is 1. The van der Waals surface area contributed by atoms with Gasteiger partial charge in [-0.2, -0.15) is 0 Å². The van der Waals surface area contributed by atoms with Crippen molar-refractivity contribution in [3.05, 3.63) is 34.4 Å². The highest BCUT2D eigenvalue weighted by Crippen LogP contribution is 2.43. The summed E-state index contributed by atoms with van der Waals surface area (Å²) >= 11 is 0. The highest BCUT2D eigenvalue weighted by atomic mass is 19.1. The Hall–Kier alpha value is -1.35. The molecule has 0 aliphatic heterocycles. The van der Waals surface area contributed by atoms with E-state index in [9.17, 15) is 9.50 Å². The summed E-state index contributed by atoms with van der Waals surface area (Å²) in [6.45, 7) is 8.88. The maximum Gasteiger partial charge on any atom is 0.130 e. The Morgan fingerprint density at radius 2 is 1.88 bits per heavy atom. The second-order valence-corrected chi connectivity index (χ2v) is 7.28. The second-order valence-electron chi connectivity index (χ2n) is 7.28. The lowest BCUT2D eigenvalue weighted by Gasteiger charge is -2.22. The van der Waals surface area contributed by atoms with Gasteiger partial charge in [-0.05, 0) is 59.4 Å². The summed E-state index contributed by atoms with van der Waals surface area (Å²) in [5.41, 5.74) is 5.96. The second kappa shape index (κ2) is 8.66. The van der Waals surface area contributed by atoms with Crippen molar-refractivity contribution >= 4 is 5.57 Å². The van der Waals surface area contributed by atoms with E-state index in [1.165, 1.54) is 16.7 Å². The van der Waals surface area contributed by atoms with Gasteiger partial charge in [-0.25, -0.2) is 0 Å². The molecule has 0 fully saturated rings. The SMILES string of the molecule is CC(C)c1cc(C2=C(CO)CCC2)c(OCCCF)c(C(C)C)c1. The lowest BCUT2D eigenvalue weighted by molar-refractivity contribution is 0.285. The fourth-order valence-electron chi connectivity index (χ4n) is 3.36. The average Bonchev–Trinajstić information content (AvgIpc) is 3.02. The number of hydrogen-bond donors (Lipinski definition) is 1. The van der Waals surface area contributed by atoms with E-state index < -0.39 is 0 Å². The van der Waals surface area contributed by atoms with Crippen LogP contribution in [0.15, 0.2) is 17.7 Å². The monoisotopic (exact) mass is 334 g/mol. The number of aliphatic hydroxyl groups is 1. The molecule has 1 N–H and O–H groups in total. The van der Waals surface area contributed by atoms with Crippen LogP contribution in [0.5, 0.6) is 5.75 Å². The first-order valence-electron chi connectivity index (χ1n) is 9.18. The zero-order valence-corrected chi connectivity index (χ0v) is 15.5. The molecule has 2 nitrogen and oxygen atoms in total. The van der Waals surface area contributed by atoms with E-state index in [0.717, 1.165) is 36.1 Å². The average molecular weight is 334 g/mol. The molecule has 0 spiro atoms. The molecule has 1 aromatic carbocycles. The molecule has 0 unspecified atom stereocenters. The lowest BCUT2D eigenvalue weighted by atomic mass is 9.88. The summed E-state index contributed by atoms with van der Waals surface area (Å²) in [5.74, 6) is 1.66. The number of ether oxygens (including phenoxy) is 1. The first-order chi connectivity index (χ1) is 11.5. The van der Waals surface area contributed by atoms with Crippen LogP contribution < -0.4 is 4.74 Å². The normalized spacial score (nSPS) is 15.0. The van der Waals surface area contributed by atoms with E-state index in [1.54, 1.807) is 0 Å². The topological polar surface area (TPSA) is 29.5 Å². The number of rotatable bonds is 8. The quantitative estimate of drug-likeness (QED) is 0.627. The molecule has 1 aromatic rings. The first-order valence-corrected chi connectivity index (χ1v) is 9.18. The molecule has 0 amide bonds. The van der Waals surface area contributed by atoms with E-state index >= 15 is 0 Å². The molecular weight excluding hydrogens is 303 g/mol. The van der Waals surface area contributed by atoms with Crippen LogP contribution in [0.2, 0.25) is 0 Å². The van der Waals surface area contributed by atoms with Gasteiger partial charge >= 0.3 is 0 Å². The molecule has 1 aliphatic rings. The van der Waals surface area contributed by atoms with Crippen molar-refractivity contribution in [2.75, 3.05) is 19.9 Å². The van der Waals surface area contributed by atoms with Crippen molar-refractivity contribution in [2.45, 2.75) is 65.2 Å². The van der Waals surface area contributed by atoms with Gasteiger partial charge in [0.1, 0.15) is 5.75 Å². The molecule has 0 saturated carbocycles. The first kappa shape index (κ1) is 19.0. The minimum absolute atomic E-state index is 0.113. The molecule has 0 radical (unpaired) electrons. The summed E-state index contributed by atoms with van der Waals surface area (Å²) < 4.78 is 18.6. The Morgan fingerprint density at radius 3 is 2.46 bits per heavy atom. The third-order valence-electron chi connectivity index (χ3n) is 4.80. The smallest absolute Gasteiger partial charge is 0.130 e. The number of halogens is 1. The van der Waals surface area contributed by atoms with E-state index in [-0.39, 0.29) is 13.3 Å². The van der Waals surface area contributed by atoms with Gasteiger partial charge < -0.3 is 9.84 Å². The van der Waals surface area contributed by atoms with E-state index in [2.05, 4.69) is 39.8 Å². The molecule has 134 valence electrons. The molecular formula is C21H31FO2. The maximum absolute atomic E-state index is 12.5. The number of allylic oxidation sites excluding steroid dienone is 1. The third-order valence-corrected chi connectivity index (χ3v) is 4.80. The van der Waals surface area contributed by atoms with Crippen LogP contribution >= 0.6 is 0 Å². The molecule has 3 heteroatoms. The summed E-state index contributed by atoms with van der Waals surface area (Å²) in [5, 5.41) is 9.71. The molecule has 0 heterocycles. The number of hydrogen-bond acceptors (Lipinski definition) is 2. The van der Waals surface area contributed by atoms with E-state index in [4.69, 9.17) is 4.74 Å². The molecule has 0 atom stereocenters. The Labute approximate surface area is 145 Å². The van der Waals surface area contributed by atoms with Gasteiger partial charge in [0.15, 0.2) is 0 Å². The van der Waals surface area contributed by atoms with E-state index in [1.807, 2.05) is 0 Å². The van der Waals surface area contributed by atoms with Gasteiger partial charge in [0.2, 0.25) is 0 Å². The van der Waals surface area contributed by atoms with Crippen LogP contribution in [-0.2, 0) is 0 Å². The Balaban J connectivity index is 2.59. The molecule has 1 aliphatic carbocycles. The van der Waals surface area contributed by atoms with Gasteiger partial charge in [0, 0.05) is 12.0 Å². The van der Waals surface area contributed by atoms with Gasteiger partial charge in [0.25, 0.3) is 0 Å². The maximum atomic E-state index is 12.5. The predicted molar refractivity (Wildman–Crippen MR) is 98.6 cm³/mol. The van der Waals surface area contributed by atoms with Crippen LogP contribution in [-0.4, -0.2) is 25.0 Å². The van der Waals surface area contributed by atoms with Gasteiger partial charge in [-0.15, -0.1) is 0 Å². The van der Waals surface area contributed by atoms with Crippen LogP contribution in [0.25, 0.3) is 5.57 Å². The summed E-state index contributed by atoms with van der Waals surface area (Å²) in [6.07, 6.45) is 3.43. The Morgan fingerprint density at radius 1 is 1.12 bits per heavy atom. The lowest BCUT2D eigenvalue weighted by Crippen LogP contribution is -2.07. The fourth-order valence-corrected chi connectivity index (χ4v) is 3.36. The minimum atomic E-state index is -0.360. The van der Waals surface area contributed by atoms with Crippen molar-refractivity contribution in [1.29, 1.82) is 0 Å². The third kappa shape index (κ3) is 4.18.